The van der Waals surface area contributed by atoms with E-state index in [1.165, 1.54) is 21.7 Å². The number of Topliss-reactive ketones (excluding diaryl/α,β-unsaturated/α-hetero) is 2. The molecule has 2 aromatic carbocycles. The lowest BCUT2D eigenvalue weighted by molar-refractivity contribution is -0.135. The molecule has 1 atom stereocenters. The van der Waals surface area contributed by atoms with E-state index in [-0.39, 0.29) is 23.5 Å². The zero-order chi connectivity index (χ0) is 29.2. The maximum absolute atomic E-state index is 14.6. The van der Waals surface area contributed by atoms with Gasteiger partial charge in [-0.25, -0.2) is 0 Å². The van der Waals surface area contributed by atoms with Crippen molar-refractivity contribution in [2.45, 2.75) is 51.4 Å². The fraction of sp³-hybridized carbons (Fsp3) is 0.417. The maximum Gasteiger partial charge on any atom is 0.160 e. The first-order valence-corrected chi connectivity index (χ1v) is 15.9. The molecular formula is C36H36N2O3S. The van der Waals surface area contributed by atoms with Crippen LogP contribution < -0.4 is 10.1 Å². The fourth-order valence-electron chi connectivity index (χ4n) is 9.31. The van der Waals surface area contributed by atoms with Crippen LogP contribution in [-0.2, 0) is 15.0 Å². The van der Waals surface area contributed by atoms with Crippen molar-refractivity contribution < 1.29 is 14.3 Å². The molecule has 1 heterocycles. The minimum Gasteiger partial charge on any atom is -0.497 e. The highest BCUT2D eigenvalue weighted by Gasteiger charge is 2.65. The third-order valence-corrected chi connectivity index (χ3v) is 12.1. The number of ketones is 2. The normalized spacial score (nSPS) is 28.9. The first-order valence-electron chi connectivity index (χ1n) is 15.1. The second-order valence-electron chi connectivity index (χ2n) is 12.9. The van der Waals surface area contributed by atoms with E-state index in [0.29, 0.717) is 23.0 Å². The van der Waals surface area contributed by atoms with Gasteiger partial charge in [0, 0.05) is 26.4 Å². The van der Waals surface area contributed by atoms with Crippen LogP contribution in [0.5, 0.6) is 5.75 Å². The standard InChI is InChI=1S/C36H36N2O3S/c1-20-30-17-32(25-7-9-29(41-3)10-8-25)42-35(30)36(26-12-23-11-24(14-26)15-27(36)13-23)34(33(20)21(2)39)31(40)19-38-28-6-4-5-22(16-28)18-37/h4-10,16-17,23-24,26-27,34,38H,11-15,19H2,1-3H3. The van der Waals surface area contributed by atoms with Gasteiger partial charge in [0.25, 0.3) is 0 Å². The van der Waals surface area contributed by atoms with E-state index in [2.05, 4.69) is 29.6 Å². The van der Waals surface area contributed by atoms with E-state index in [4.69, 9.17) is 4.74 Å². The Kier molecular flexibility index (Phi) is 6.62. The molecule has 5 aliphatic rings. The molecule has 3 aromatic rings. The minimum atomic E-state index is -0.466. The molecule has 4 saturated carbocycles. The van der Waals surface area contributed by atoms with Crippen molar-refractivity contribution in [3.05, 3.63) is 76.2 Å². The van der Waals surface area contributed by atoms with E-state index in [9.17, 15) is 14.9 Å². The molecule has 1 aromatic heterocycles. The van der Waals surface area contributed by atoms with Crippen LogP contribution in [0, 0.1) is 40.9 Å². The summed E-state index contributed by atoms with van der Waals surface area (Å²) in [4.78, 5) is 30.7. The summed E-state index contributed by atoms with van der Waals surface area (Å²) in [7, 11) is 1.68. The number of carbonyl (C=O) groups excluding carboxylic acids is 2. The van der Waals surface area contributed by atoms with Gasteiger partial charge in [-0.3, -0.25) is 9.59 Å². The Hall–Kier alpha value is -3.69. The van der Waals surface area contributed by atoms with E-state index >= 15 is 0 Å². The van der Waals surface area contributed by atoms with Gasteiger partial charge in [0.15, 0.2) is 11.6 Å². The number of hydrogen-bond acceptors (Lipinski definition) is 6. The molecule has 1 N–H and O–H groups in total. The fourth-order valence-corrected chi connectivity index (χ4v) is 10.9. The Balaban J connectivity index is 1.37. The first-order chi connectivity index (χ1) is 20.3. The van der Waals surface area contributed by atoms with Crippen molar-refractivity contribution in [1.29, 1.82) is 5.26 Å². The maximum atomic E-state index is 14.6. The molecule has 0 amide bonds. The SMILES string of the molecule is COc1ccc(-c2cc3c(s2)C2(C4CC5CC(C4)CC2C5)C(C(=O)CNc2cccc(C#N)c2)C(C(C)=O)=C3C)cc1. The second kappa shape index (κ2) is 10.2. The first kappa shape index (κ1) is 27.2. The Morgan fingerprint density at radius 2 is 1.71 bits per heavy atom. The molecule has 8 rings (SSSR count). The highest BCUT2D eigenvalue weighted by atomic mass is 32.1. The van der Waals surface area contributed by atoms with Gasteiger partial charge in [-0.2, -0.15) is 5.26 Å². The van der Waals surface area contributed by atoms with Crippen LogP contribution in [0.2, 0.25) is 0 Å². The summed E-state index contributed by atoms with van der Waals surface area (Å²) >= 11 is 1.84. The van der Waals surface area contributed by atoms with Crippen molar-refractivity contribution >= 4 is 34.2 Å². The van der Waals surface area contributed by atoms with Crippen LogP contribution in [-0.4, -0.2) is 25.2 Å². The van der Waals surface area contributed by atoms with Crippen molar-refractivity contribution in [2.75, 3.05) is 19.0 Å². The number of ether oxygens (including phenoxy) is 1. The van der Waals surface area contributed by atoms with Crippen LogP contribution in [0.3, 0.4) is 0 Å². The van der Waals surface area contributed by atoms with E-state index in [1.54, 1.807) is 26.2 Å². The number of fused-ring (bicyclic) bond motifs is 1. The number of nitriles is 1. The number of rotatable bonds is 7. The number of thiophene rings is 1. The number of nitrogens with one attached hydrogen (secondary N) is 1. The molecule has 4 bridgehead atoms. The molecule has 4 fully saturated rings. The zero-order valence-corrected chi connectivity index (χ0v) is 25.2. The van der Waals surface area contributed by atoms with Gasteiger partial charge in [-0.1, -0.05) is 6.07 Å². The van der Waals surface area contributed by atoms with Crippen molar-refractivity contribution in [3.8, 4) is 22.3 Å². The average molecular weight is 577 g/mol. The summed E-state index contributed by atoms with van der Waals surface area (Å²) in [5.74, 6) is 2.71. The summed E-state index contributed by atoms with van der Waals surface area (Å²) in [6.45, 7) is 3.82. The highest BCUT2D eigenvalue weighted by molar-refractivity contribution is 7.16. The molecule has 5 aliphatic carbocycles. The number of nitrogens with zero attached hydrogens (tertiary/aromatic N) is 1. The number of allylic oxidation sites excluding steroid dienone is 2. The average Bonchev–Trinajstić information content (AvgIpc) is 3.45. The minimum absolute atomic E-state index is 0.00774. The van der Waals surface area contributed by atoms with Gasteiger partial charge >= 0.3 is 0 Å². The number of anilines is 1. The van der Waals surface area contributed by atoms with Crippen molar-refractivity contribution in [3.63, 3.8) is 0 Å². The van der Waals surface area contributed by atoms with Crippen LogP contribution in [0.25, 0.3) is 16.0 Å². The summed E-state index contributed by atoms with van der Waals surface area (Å²) in [6.07, 6.45) is 5.91. The third-order valence-electron chi connectivity index (χ3n) is 10.7. The predicted molar refractivity (Wildman–Crippen MR) is 166 cm³/mol. The predicted octanol–water partition coefficient (Wildman–Crippen LogP) is 7.66. The Labute approximate surface area is 251 Å². The number of benzene rings is 2. The van der Waals surface area contributed by atoms with Gasteiger partial charge in [0.2, 0.25) is 0 Å². The summed E-state index contributed by atoms with van der Waals surface area (Å²) in [5, 5.41) is 12.7. The van der Waals surface area contributed by atoms with Crippen molar-refractivity contribution in [2.24, 2.45) is 29.6 Å². The van der Waals surface area contributed by atoms with Gasteiger partial charge in [-0.15, -0.1) is 11.3 Å². The molecule has 0 radical (unpaired) electrons. The Bertz CT molecular complexity index is 1630. The van der Waals surface area contributed by atoms with E-state index < -0.39 is 5.92 Å². The van der Waals surface area contributed by atoms with Crippen LogP contribution >= 0.6 is 11.3 Å². The zero-order valence-electron chi connectivity index (χ0n) is 24.4. The summed E-state index contributed by atoms with van der Waals surface area (Å²) < 4.78 is 5.41. The molecule has 0 aliphatic heterocycles. The van der Waals surface area contributed by atoms with Gasteiger partial charge < -0.3 is 10.1 Å². The molecule has 214 valence electrons. The number of methoxy groups -OCH3 is 1. The molecule has 5 nitrogen and oxygen atoms in total. The molecule has 0 saturated heterocycles. The quantitative estimate of drug-likeness (QED) is 0.312. The molecule has 6 heteroatoms. The van der Waals surface area contributed by atoms with Gasteiger partial charge in [-0.05, 0) is 135 Å². The molecule has 42 heavy (non-hydrogen) atoms. The van der Waals surface area contributed by atoms with Crippen LogP contribution in [0.4, 0.5) is 5.69 Å². The number of carbonyl (C=O) groups is 2. The van der Waals surface area contributed by atoms with Crippen molar-refractivity contribution in [1.82, 2.24) is 0 Å². The Morgan fingerprint density at radius 3 is 2.33 bits per heavy atom. The summed E-state index contributed by atoms with van der Waals surface area (Å²) in [6, 6.07) is 19.9. The lowest BCUT2D eigenvalue weighted by atomic mass is 9.39. The summed E-state index contributed by atoms with van der Waals surface area (Å²) in [5.41, 5.74) is 4.92. The molecule has 1 unspecified atom stereocenters. The van der Waals surface area contributed by atoms with Gasteiger partial charge in [0.1, 0.15) is 5.75 Å². The molecule has 1 spiro atoms. The smallest absolute Gasteiger partial charge is 0.160 e. The van der Waals surface area contributed by atoms with Gasteiger partial charge in [0.05, 0.1) is 31.2 Å². The Morgan fingerprint density at radius 1 is 1.02 bits per heavy atom. The third kappa shape index (κ3) is 4.08. The second-order valence-corrected chi connectivity index (χ2v) is 13.9. The van der Waals surface area contributed by atoms with Crippen LogP contribution in [0.1, 0.15) is 62.0 Å². The topological polar surface area (TPSA) is 79.2 Å². The monoisotopic (exact) mass is 576 g/mol. The highest BCUT2D eigenvalue weighted by Crippen LogP contribution is 2.70. The number of hydrogen-bond donors (Lipinski definition) is 1. The lowest BCUT2D eigenvalue weighted by Gasteiger charge is -2.64. The van der Waals surface area contributed by atoms with Crippen LogP contribution in [0.15, 0.2) is 60.2 Å². The largest absolute Gasteiger partial charge is 0.497 e. The van der Waals surface area contributed by atoms with E-state index in [0.717, 1.165) is 60.1 Å². The molecular weight excluding hydrogens is 540 g/mol. The van der Waals surface area contributed by atoms with E-state index in [1.807, 2.05) is 42.5 Å². The lowest BCUT2D eigenvalue weighted by Crippen LogP contribution is -2.62.